The van der Waals surface area contributed by atoms with Gasteiger partial charge < -0.3 is 9.94 Å². The van der Waals surface area contributed by atoms with Crippen molar-refractivity contribution in [3.05, 3.63) is 62.9 Å². The molecule has 2 heterocycles. The zero-order valence-corrected chi connectivity index (χ0v) is 16.9. The number of thiazole rings is 1. The molecule has 134 valence electrons. The molecule has 0 amide bonds. The summed E-state index contributed by atoms with van der Waals surface area (Å²) in [7, 11) is 1.84. The molecule has 0 spiro atoms. The maximum absolute atomic E-state index is 13.6. The van der Waals surface area contributed by atoms with Crippen molar-refractivity contribution in [3.8, 4) is 0 Å². The number of hydrogen-bond acceptors (Lipinski definition) is 6. The van der Waals surface area contributed by atoms with Gasteiger partial charge in [0.2, 0.25) is 0 Å². The molecule has 0 N–H and O–H groups in total. The number of rotatable bonds is 3. The maximum Gasteiger partial charge on any atom is 0.342 e. The van der Waals surface area contributed by atoms with Crippen LogP contribution in [0.1, 0.15) is 10.4 Å². The molecule has 2 aromatic carbocycles. The van der Waals surface area contributed by atoms with E-state index in [2.05, 4.69) is 27.6 Å². The Morgan fingerprint density at radius 3 is 2.92 bits per heavy atom. The average molecular weight is 481 g/mol. The summed E-state index contributed by atoms with van der Waals surface area (Å²) in [6.45, 7) is 0.569. The van der Waals surface area contributed by atoms with Crippen molar-refractivity contribution in [2.45, 2.75) is 6.23 Å². The number of hydroxylamine groups is 2. The van der Waals surface area contributed by atoms with Crippen LogP contribution < -0.4 is 4.65 Å². The molecule has 0 aliphatic carbocycles. The van der Waals surface area contributed by atoms with Gasteiger partial charge in [-0.3, -0.25) is 4.65 Å². The molecule has 1 fully saturated rings. The number of likely N-dealkylation sites (N-methyl/N-ethyl adjacent to an activating group) is 1. The van der Waals surface area contributed by atoms with E-state index >= 15 is 0 Å². The van der Waals surface area contributed by atoms with Crippen LogP contribution in [0.5, 0.6) is 0 Å². The number of esters is 1. The standard InChI is InChI=1S/C18H16IN3O3S/c1-21-10-16(25-17(23)12-5-4-6-13(19)9-12)22(24,11-21)18-20-14-7-2-3-8-15(14)26-18/h2-9,16H,10-11H2,1H3. The summed E-state index contributed by atoms with van der Waals surface area (Å²) in [6, 6.07) is 14.8. The van der Waals surface area contributed by atoms with Crippen molar-refractivity contribution in [1.29, 1.82) is 0 Å². The number of quaternary nitrogens is 1. The number of ether oxygens (including phenoxy) is 1. The molecular formula is C18H16IN3O3S. The predicted molar refractivity (Wildman–Crippen MR) is 111 cm³/mol. The molecule has 2 unspecified atom stereocenters. The Morgan fingerprint density at radius 1 is 1.35 bits per heavy atom. The van der Waals surface area contributed by atoms with Crippen LogP contribution in [0.2, 0.25) is 0 Å². The van der Waals surface area contributed by atoms with E-state index in [1.165, 1.54) is 11.3 Å². The third kappa shape index (κ3) is 3.23. The molecule has 1 aliphatic rings. The number of nitrogens with zero attached hydrogens (tertiary/aromatic N) is 3. The zero-order valence-electron chi connectivity index (χ0n) is 14.0. The lowest BCUT2D eigenvalue weighted by atomic mass is 10.2. The van der Waals surface area contributed by atoms with Crippen LogP contribution >= 0.6 is 33.9 Å². The van der Waals surface area contributed by atoms with Gasteiger partial charge in [-0.05, 0) is 60.0 Å². The topological polar surface area (TPSA) is 65.5 Å². The number of carbonyl (C=O) groups excluding carboxylic acids is 1. The van der Waals surface area contributed by atoms with Crippen LogP contribution in [-0.2, 0) is 4.74 Å². The van der Waals surface area contributed by atoms with Crippen LogP contribution in [0.4, 0.5) is 5.13 Å². The highest BCUT2D eigenvalue weighted by atomic mass is 127. The van der Waals surface area contributed by atoms with E-state index < -0.39 is 16.8 Å². The summed E-state index contributed by atoms with van der Waals surface area (Å²) in [5, 5.41) is 14.0. The van der Waals surface area contributed by atoms with E-state index in [9.17, 15) is 10.0 Å². The zero-order chi connectivity index (χ0) is 18.3. The van der Waals surface area contributed by atoms with Gasteiger partial charge in [-0.1, -0.05) is 29.5 Å². The number of aromatic nitrogens is 1. The molecule has 1 aromatic heterocycles. The first-order chi connectivity index (χ1) is 12.5. The fourth-order valence-corrected chi connectivity index (χ4v) is 4.62. The van der Waals surface area contributed by atoms with Gasteiger partial charge in [0.15, 0.2) is 0 Å². The van der Waals surface area contributed by atoms with Gasteiger partial charge in [0.05, 0.1) is 22.3 Å². The van der Waals surface area contributed by atoms with Gasteiger partial charge in [0.25, 0.3) is 11.4 Å². The van der Waals surface area contributed by atoms with Crippen molar-refractivity contribution >= 4 is 55.2 Å². The van der Waals surface area contributed by atoms with Gasteiger partial charge in [-0.25, -0.2) is 9.69 Å². The number of fused-ring (bicyclic) bond motifs is 1. The normalized spacial score (nSPS) is 23.4. The largest absolute Gasteiger partial charge is 0.622 e. The Bertz CT molecular complexity index is 946. The number of hydrogen-bond donors (Lipinski definition) is 0. The van der Waals surface area contributed by atoms with Crippen LogP contribution in [0.15, 0.2) is 48.5 Å². The van der Waals surface area contributed by atoms with Gasteiger partial charge in [0, 0.05) is 3.57 Å². The summed E-state index contributed by atoms with van der Waals surface area (Å²) in [4.78, 5) is 18.9. The number of carbonyl (C=O) groups is 1. The summed E-state index contributed by atoms with van der Waals surface area (Å²) in [6.07, 6.45) is -0.842. The minimum absolute atomic E-state index is 0.199. The number of benzene rings is 2. The maximum atomic E-state index is 13.6. The van der Waals surface area contributed by atoms with E-state index in [1.807, 2.05) is 42.3 Å². The lowest BCUT2D eigenvalue weighted by molar-refractivity contribution is 0.00573. The molecule has 0 radical (unpaired) electrons. The second-order valence-corrected chi connectivity index (χ2v) is 8.56. The Morgan fingerprint density at radius 2 is 2.15 bits per heavy atom. The molecule has 4 rings (SSSR count). The second-order valence-electron chi connectivity index (χ2n) is 6.31. The van der Waals surface area contributed by atoms with Crippen molar-refractivity contribution < 1.29 is 9.53 Å². The lowest BCUT2D eigenvalue weighted by Crippen LogP contribution is -2.50. The van der Waals surface area contributed by atoms with E-state index in [0.717, 1.165) is 13.8 Å². The fraction of sp³-hybridized carbons (Fsp3) is 0.222. The molecule has 1 saturated heterocycles. The quantitative estimate of drug-likeness (QED) is 0.247. The number of halogens is 1. The molecule has 26 heavy (non-hydrogen) atoms. The Kier molecular flexibility index (Phi) is 4.70. The van der Waals surface area contributed by atoms with Crippen LogP contribution in [-0.4, -0.2) is 42.3 Å². The summed E-state index contributed by atoms with van der Waals surface area (Å²) < 4.78 is 6.75. The Labute approximate surface area is 168 Å². The average Bonchev–Trinajstić information content (AvgIpc) is 3.17. The van der Waals surface area contributed by atoms with Gasteiger partial charge in [-0.2, -0.15) is 4.98 Å². The molecule has 6 nitrogen and oxygen atoms in total. The first-order valence-corrected chi connectivity index (χ1v) is 9.95. The molecule has 1 aliphatic heterocycles. The third-order valence-electron chi connectivity index (χ3n) is 4.29. The summed E-state index contributed by atoms with van der Waals surface area (Å²) >= 11 is 3.49. The monoisotopic (exact) mass is 481 g/mol. The van der Waals surface area contributed by atoms with Gasteiger partial charge >= 0.3 is 5.97 Å². The van der Waals surface area contributed by atoms with Crippen molar-refractivity contribution in [1.82, 2.24) is 14.5 Å². The predicted octanol–water partition coefficient (Wildman–Crippen LogP) is 3.79. The van der Waals surface area contributed by atoms with Crippen molar-refractivity contribution in [2.75, 3.05) is 20.3 Å². The fourth-order valence-electron chi connectivity index (χ4n) is 3.04. The van der Waals surface area contributed by atoms with E-state index in [-0.39, 0.29) is 6.67 Å². The Hall–Kier alpha value is -1.59. The van der Waals surface area contributed by atoms with Crippen LogP contribution in [0.3, 0.4) is 0 Å². The molecule has 2 atom stereocenters. The summed E-state index contributed by atoms with van der Waals surface area (Å²) in [5.74, 6) is -0.483. The highest BCUT2D eigenvalue weighted by Crippen LogP contribution is 2.37. The minimum atomic E-state index is -0.842. The van der Waals surface area contributed by atoms with Gasteiger partial charge in [0.1, 0.15) is 6.67 Å². The molecular weight excluding hydrogens is 465 g/mol. The first-order valence-electron chi connectivity index (χ1n) is 8.06. The van der Waals surface area contributed by atoms with Crippen molar-refractivity contribution in [3.63, 3.8) is 0 Å². The Balaban J connectivity index is 1.65. The summed E-state index contributed by atoms with van der Waals surface area (Å²) in [5.41, 5.74) is 1.24. The minimum Gasteiger partial charge on any atom is -0.622 e. The highest BCUT2D eigenvalue weighted by Gasteiger charge is 2.45. The van der Waals surface area contributed by atoms with Crippen LogP contribution in [0.25, 0.3) is 10.2 Å². The SMILES string of the molecule is CN1CC(OC(=O)c2cccc(I)c2)[N+]([O-])(c2nc3ccccc3s2)C1. The highest BCUT2D eigenvalue weighted by molar-refractivity contribution is 14.1. The molecule has 0 bridgehead atoms. The lowest BCUT2D eigenvalue weighted by Gasteiger charge is -2.38. The second kappa shape index (κ2) is 6.86. The smallest absolute Gasteiger partial charge is 0.342 e. The first kappa shape index (κ1) is 17.8. The van der Waals surface area contributed by atoms with E-state index in [4.69, 9.17) is 4.74 Å². The molecule has 3 aromatic rings. The van der Waals surface area contributed by atoms with E-state index in [1.54, 1.807) is 18.2 Å². The third-order valence-corrected chi connectivity index (χ3v) is 6.11. The van der Waals surface area contributed by atoms with Gasteiger partial charge in [-0.15, -0.1) is 0 Å². The molecule has 8 heteroatoms. The molecule has 0 saturated carbocycles. The van der Waals surface area contributed by atoms with Crippen molar-refractivity contribution in [2.24, 2.45) is 0 Å². The van der Waals surface area contributed by atoms with Crippen LogP contribution in [0, 0.1) is 8.78 Å². The number of para-hydroxylation sites is 1. The van der Waals surface area contributed by atoms with E-state index in [0.29, 0.717) is 17.2 Å².